The zero-order valence-corrected chi connectivity index (χ0v) is 14.2. The van der Waals surface area contributed by atoms with Gasteiger partial charge in [-0.05, 0) is 17.7 Å². The Balaban J connectivity index is 2.01. The highest BCUT2D eigenvalue weighted by Crippen LogP contribution is 2.24. The van der Waals surface area contributed by atoms with Crippen LogP contribution in [0.3, 0.4) is 0 Å². The number of benzene rings is 2. The lowest BCUT2D eigenvalue weighted by Gasteiger charge is -2.14. The number of thiocarbonyl (C=S) groups is 1. The minimum absolute atomic E-state index is 0.0195. The Morgan fingerprint density at radius 3 is 2.41 bits per heavy atom. The number of rotatable bonds is 4. The summed E-state index contributed by atoms with van der Waals surface area (Å²) < 4.78 is 0.655. The van der Waals surface area contributed by atoms with Crippen LogP contribution in [0.15, 0.2) is 59.5 Å². The lowest BCUT2D eigenvalue weighted by molar-refractivity contribution is 0.0824. The molecule has 0 aromatic heterocycles. The fraction of sp³-hybridized carbons (Fsp3) is 0.176. The number of carbonyl (C=O) groups excluding carboxylic acids is 1. The largest absolute Gasteiger partial charge is 0.367 e. The molecule has 2 aromatic carbocycles. The molecule has 0 radical (unpaired) electrons. The van der Waals surface area contributed by atoms with Crippen molar-refractivity contribution < 1.29 is 4.79 Å². The molecule has 0 fully saturated rings. The van der Waals surface area contributed by atoms with Crippen molar-refractivity contribution in [3.8, 4) is 0 Å². The van der Waals surface area contributed by atoms with Crippen LogP contribution in [-0.4, -0.2) is 29.2 Å². The van der Waals surface area contributed by atoms with Crippen LogP contribution in [0.5, 0.6) is 0 Å². The number of nitrogens with zero attached hydrogens (tertiary/aromatic N) is 1. The molecule has 2 aromatic rings. The summed E-state index contributed by atoms with van der Waals surface area (Å²) in [6.45, 7) is 0.677. The minimum Gasteiger partial charge on any atom is -0.367 e. The number of hydrogen-bond donors (Lipinski definition) is 1. The van der Waals surface area contributed by atoms with E-state index in [4.69, 9.17) is 12.2 Å². The summed E-state index contributed by atoms with van der Waals surface area (Å²) in [6.07, 6.45) is 0. The summed E-state index contributed by atoms with van der Waals surface area (Å²) in [4.78, 5) is 14.6. The smallest absolute Gasteiger partial charge is 0.254 e. The molecule has 0 atom stereocenters. The monoisotopic (exact) mass is 330 g/mol. The van der Waals surface area contributed by atoms with Crippen LogP contribution in [0.2, 0.25) is 0 Å². The van der Waals surface area contributed by atoms with Crippen LogP contribution in [-0.2, 0) is 6.54 Å². The maximum absolute atomic E-state index is 12.2. The number of thioether (sulfide) groups is 1. The first-order valence-electron chi connectivity index (χ1n) is 6.88. The molecule has 0 bridgehead atoms. The van der Waals surface area contributed by atoms with Gasteiger partial charge in [0.2, 0.25) is 0 Å². The maximum Gasteiger partial charge on any atom is 0.254 e. The van der Waals surface area contributed by atoms with Crippen LogP contribution < -0.4 is 5.32 Å². The van der Waals surface area contributed by atoms with Gasteiger partial charge in [0.05, 0.1) is 5.56 Å². The van der Waals surface area contributed by atoms with E-state index in [1.165, 1.54) is 17.3 Å². The molecular formula is C17H18N2OS2. The summed E-state index contributed by atoms with van der Waals surface area (Å²) in [5.74, 6) is -0.0195. The van der Waals surface area contributed by atoms with Gasteiger partial charge in [0.1, 0.15) is 4.32 Å². The highest BCUT2D eigenvalue weighted by Gasteiger charge is 2.14. The van der Waals surface area contributed by atoms with Crippen molar-refractivity contribution in [2.75, 3.05) is 14.1 Å². The van der Waals surface area contributed by atoms with Crippen molar-refractivity contribution in [3.63, 3.8) is 0 Å². The van der Waals surface area contributed by atoms with Crippen molar-refractivity contribution in [2.45, 2.75) is 11.4 Å². The lowest BCUT2D eigenvalue weighted by atomic mass is 10.2. The SMILES string of the molecule is CN(C)C(=O)c1ccccc1SC(=S)NCc1ccccc1. The minimum atomic E-state index is -0.0195. The molecule has 3 nitrogen and oxygen atoms in total. The molecule has 5 heteroatoms. The van der Waals surface area contributed by atoms with Crippen molar-refractivity contribution in [3.05, 3.63) is 65.7 Å². The zero-order valence-electron chi connectivity index (χ0n) is 12.6. The van der Waals surface area contributed by atoms with Crippen molar-refractivity contribution in [2.24, 2.45) is 0 Å². The van der Waals surface area contributed by atoms with Gasteiger partial charge in [-0.25, -0.2) is 0 Å². The van der Waals surface area contributed by atoms with Gasteiger partial charge < -0.3 is 10.2 Å². The average Bonchev–Trinajstić information content (AvgIpc) is 2.53. The Labute approximate surface area is 140 Å². The molecule has 0 saturated carbocycles. The van der Waals surface area contributed by atoms with E-state index in [1.54, 1.807) is 19.0 Å². The van der Waals surface area contributed by atoms with Gasteiger partial charge in [-0.2, -0.15) is 0 Å². The quantitative estimate of drug-likeness (QED) is 0.686. The lowest BCUT2D eigenvalue weighted by Crippen LogP contribution is -2.23. The van der Waals surface area contributed by atoms with E-state index < -0.39 is 0 Å². The Bertz CT molecular complexity index is 657. The summed E-state index contributed by atoms with van der Waals surface area (Å²) in [6, 6.07) is 17.6. The molecule has 0 spiro atoms. The molecule has 1 N–H and O–H groups in total. The second-order valence-corrected chi connectivity index (χ2v) is 6.64. The first-order chi connectivity index (χ1) is 10.6. The van der Waals surface area contributed by atoms with Crippen LogP contribution >= 0.6 is 24.0 Å². The van der Waals surface area contributed by atoms with Gasteiger partial charge in [0.15, 0.2) is 0 Å². The third-order valence-electron chi connectivity index (χ3n) is 3.01. The molecular weight excluding hydrogens is 312 g/mol. The van der Waals surface area contributed by atoms with E-state index in [2.05, 4.69) is 5.32 Å². The zero-order chi connectivity index (χ0) is 15.9. The number of carbonyl (C=O) groups is 1. The fourth-order valence-electron chi connectivity index (χ4n) is 1.88. The third-order valence-corrected chi connectivity index (χ3v) is 4.31. The molecule has 0 aliphatic heterocycles. The molecule has 1 amide bonds. The van der Waals surface area contributed by atoms with Crippen LogP contribution in [0.4, 0.5) is 0 Å². The summed E-state index contributed by atoms with van der Waals surface area (Å²) in [5, 5.41) is 3.21. The van der Waals surface area contributed by atoms with Crippen LogP contribution in [0, 0.1) is 0 Å². The molecule has 114 valence electrons. The molecule has 0 aliphatic carbocycles. The predicted molar refractivity (Wildman–Crippen MR) is 96.2 cm³/mol. The van der Waals surface area contributed by atoms with E-state index in [1.807, 2.05) is 54.6 Å². The van der Waals surface area contributed by atoms with E-state index >= 15 is 0 Å². The van der Waals surface area contributed by atoms with E-state index in [0.29, 0.717) is 16.4 Å². The number of hydrogen-bond acceptors (Lipinski definition) is 3. The van der Waals surface area contributed by atoms with Crippen LogP contribution in [0.25, 0.3) is 0 Å². The Hall–Kier alpha value is -1.85. The van der Waals surface area contributed by atoms with Crippen LogP contribution in [0.1, 0.15) is 15.9 Å². The van der Waals surface area contributed by atoms with E-state index in [9.17, 15) is 4.79 Å². The summed E-state index contributed by atoms with van der Waals surface area (Å²) in [5.41, 5.74) is 1.84. The average molecular weight is 330 g/mol. The van der Waals surface area contributed by atoms with Gasteiger partial charge in [-0.3, -0.25) is 4.79 Å². The van der Waals surface area contributed by atoms with Gasteiger partial charge in [0.25, 0.3) is 5.91 Å². The van der Waals surface area contributed by atoms with Crippen molar-refractivity contribution in [1.82, 2.24) is 10.2 Å². The third kappa shape index (κ3) is 4.58. The number of amides is 1. The molecule has 0 saturated heterocycles. The van der Waals surface area contributed by atoms with Gasteiger partial charge in [0, 0.05) is 25.5 Å². The van der Waals surface area contributed by atoms with E-state index in [-0.39, 0.29) is 5.91 Å². The molecule has 22 heavy (non-hydrogen) atoms. The van der Waals surface area contributed by atoms with Gasteiger partial charge >= 0.3 is 0 Å². The standard InChI is InChI=1S/C17H18N2OS2/c1-19(2)16(20)14-10-6-7-11-15(14)22-17(21)18-12-13-8-4-3-5-9-13/h3-11H,12H2,1-2H3,(H,18,21). The van der Waals surface area contributed by atoms with Gasteiger partial charge in [-0.1, -0.05) is 66.4 Å². The molecule has 0 aliphatic rings. The maximum atomic E-state index is 12.2. The Morgan fingerprint density at radius 1 is 1.09 bits per heavy atom. The summed E-state index contributed by atoms with van der Waals surface area (Å²) >= 11 is 6.78. The van der Waals surface area contributed by atoms with Crippen molar-refractivity contribution >= 4 is 34.2 Å². The van der Waals surface area contributed by atoms with Crippen molar-refractivity contribution in [1.29, 1.82) is 0 Å². The summed E-state index contributed by atoms with van der Waals surface area (Å²) in [7, 11) is 3.49. The molecule has 0 unspecified atom stereocenters. The van der Waals surface area contributed by atoms with Gasteiger partial charge in [-0.15, -0.1) is 0 Å². The normalized spacial score (nSPS) is 10.1. The molecule has 0 heterocycles. The first-order valence-corrected chi connectivity index (χ1v) is 8.10. The first kappa shape index (κ1) is 16.5. The van der Waals surface area contributed by atoms with E-state index in [0.717, 1.165) is 4.90 Å². The topological polar surface area (TPSA) is 32.3 Å². The second kappa shape index (κ2) is 7.96. The second-order valence-electron chi connectivity index (χ2n) is 4.92. The molecule has 2 rings (SSSR count). The Morgan fingerprint density at radius 2 is 1.73 bits per heavy atom. The highest BCUT2D eigenvalue weighted by atomic mass is 32.2. The number of nitrogens with one attached hydrogen (secondary N) is 1. The fourth-order valence-corrected chi connectivity index (χ4v) is 2.98. The Kier molecular flexibility index (Phi) is 5.98. The highest BCUT2D eigenvalue weighted by molar-refractivity contribution is 8.23. The predicted octanol–water partition coefficient (Wildman–Crippen LogP) is 3.56.